The Bertz CT molecular complexity index is 469. The fourth-order valence-corrected chi connectivity index (χ4v) is 2.56. The Labute approximate surface area is 118 Å². The van der Waals surface area contributed by atoms with Gasteiger partial charge in [0, 0.05) is 6.54 Å². The van der Waals surface area contributed by atoms with Crippen LogP contribution in [0.2, 0.25) is 0 Å². The molecule has 0 spiro atoms. The van der Waals surface area contributed by atoms with Crippen molar-refractivity contribution in [2.75, 3.05) is 13.7 Å². The summed E-state index contributed by atoms with van der Waals surface area (Å²) in [4.78, 5) is 11.1. The molecule has 110 valence electrons. The molecule has 1 fully saturated rings. The van der Waals surface area contributed by atoms with E-state index in [2.05, 4.69) is 0 Å². The molecule has 0 heterocycles. The van der Waals surface area contributed by atoms with Crippen LogP contribution in [0.4, 0.5) is 0 Å². The number of methoxy groups -OCH3 is 1. The summed E-state index contributed by atoms with van der Waals surface area (Å²) in [6.45, 7) is 0.0569. The predicted molar refractivity (Wildman–Crippen MR) is 75.3 cm³/mol. The number of ether oxygens (including phenoxy) is 2. The Balaban J connectivity index is 2.20. The maximum atomic E-state index is 11.1. The Kier molecular flexibility index (Phi) is 4.84. The first-order valence-electron chi connectivity index (χ1n) is 6.93. The van der Waals surface area contributed by atoms with E-state index in [4.69, 9.17) is 20.3 Å². The molecule has 0 radical (unpaired) electrons. The second-order valence-corrected chi connectivity index (χ2v) is 5.06. The molecule has 1 aliphatic rings. The van der Waals surface area contributed by atoms with Gasteiger partial charge >= 0.3 is 5.97 Å². The molecule has 0 amide bonds. The zero-order chi connectivity index (χ0) is 14.5. The van der Waals surface area contributed by atoms with Crippen molar-refractivity contribution >= 4 is 5.97 Å². The summed E-state index contributed by atoms with van der Waals surface area (Å²) in [5.74, 6) is -0.415. The number of carboxylic acids is 1. The van der Waals surface area contributed by atoms with Crippen LogP contribution in [0.5, 0.6) is 11.5 Å². The van der Waals surface area contributed by atoms with Crippen LogP contribution in [0.3, 0.4) is 0 Å². The smallest absolute Gasteiger partial charge is 0.312 e. The van der Waals surface area contributed by atoms with Gasteiger partial charge < -0.3 is 20.3 Å². The molecule has 1 aliphatic carbocycles. The summed E-state index contributed by atoms with van der Waals surface area (Å²) < 4.78 is 11.2. The van der Waals surface area contributed by atoms with Gasteiger partial charge in [0.05, 0.1) is 19.1 Å². The van der Waals surface area contributed by atoms with Gasteiger partial charge in [-0.05, 0) is 43.4 Å². The van der Waals surface area contributed by atoms with E-state index in [9.17, 15) is 4.79 Å². The van der Waals surface area contributed by atoms with Gasteiger partial charge in [-0.25, -0.2) is 0 Å². The third-order valence-electron chi connectivity index (χ3n) is 3.72. The van der Waals surface area contributed by atoms with E-state index < -0.39 is 11.9 Å². The topological polar surface area (TPSA) is 81.8 Å². The normalized spacial score (nSPS) is 16.9. The van der Waals surface area contributed by atoms with Crippen molar-refractivity contribution in [3.8, 4) is 11.5 Å². The molecule has 3 N–H and O–H groups in total. The second-order valence-electron chi connectivity index (χ2n) is 5.06. The third kappa shape index (κ3) is 3.22. The molecule has 0 bridgehead atoms. The summed E-state index contributed by atoms with van der Waals surface area (Å²) in [6, 6.07) is 5.23. The molecule has 1 aromatic carbocycles. The van der Waals surface area contributed by atoms with Crippen LogP contribution >= 0.6 is 0 Å². The van der Waals surface area contributed by atoms with Gasteiger partial charge in [0.2, 0.25) is 0 Å². The van der Waals surface area contributed by atoms with Crippen molar-refractivity contribution in [3.05, 3.63) is 23.8 Å². The van der Waals surface area contributed by atoms with E-state index in [1.165, 1.54) is 12.8 Å². The largest absolute Gasteiger partial charge is 0.493 e. The number of hydrogen-bond donors (Lipinski definition) is 2. The van der Waals surface area contributed by atoms with Crippen LogP contribution in [-0.4, -0.2) is 30.8 Å². The van der Waals surface area contributed by atoms with E-state index in [-0.39, 0.29) is 12.6 Å². The van der Waals surface area contributed by atoms with Crippen LogP contribution in [0.25, 0.3) is 0 Å². The summed E-state index contributed by atoms with van der Waals surface area (Å²) in [7, 11) is 1.55. The summed E-state index contributed by atoms with van der Waals surface area (Å²) in [6.07, 6.45) is 4.75. The van der Waals surface area contributed by atoms with Crippen molar-refractivity contribution < 1.29 is 19.4 Å². The fraction of sp³-hybridized carbons (Fsp3) is 0.533. The maximum absolute atomic E-state index is 11.1. The highest BCUT2D eigenvalue weighted by atomic mass is 16.5. The van der Waals surface area contributed by atoms with Crippen molar-refractivity contribution in [1.29, 1.82) is 0 Å². The predicted octanol–water partition coefficient (Wildman–Crippen LogP) is 2.14. The third-order valence-corrected chi connectivity index (χ3v) is 3.72. The first-order chi connectivity index (χ1) is 9.65. The van der Waals surface area contributed by atoms with Gasteiger partial charge in [-0.3, -0.25) is 4.79 Å². The highest BCUT2D eigenvalue weighted by molar-refractivity contribution is 5.76. The first kappa shape index (κ1) is 14.7. The fourth-order valence-electron chi connectivity index (χ4n) is 2.56. The zero-order valence-electron chi connectivity index (χ0n) is 11.7. The average molecular weight is 279 g/mol. The Morgan fingerprint density at radius 2 is 2.10 bits per heavy atom. The molecule has 1 unspecified atom stereocenters. The van der Waals surface area contributed by atoms with Crippen molar-refractivity contribution in [2.45, 2.75) is 37.7 Å². The summed E-state index contributed by atoms with van der Waals surface area (Å²) in [5.41, 5.74) is 6.15. The highest BCUT2D eigenvalue weighted by Crippen LogP contribution is 2.34. The number of benzene rings is 1. The minimum Gasteiger partial charge on any atom is -0.493 e. The first-order valence-corrected chi connectivity index (χ1v) is 6.93. The minimum absolute atomic E-state index is 0.0569. The number of carbonyl (C=O) groups is 1. The lowest BCUT2D eigenvalue weighted by Crippen LogP contribution is -2.21. The summed E-state index contributed by atoms with van der Waals surface area (Å²) >= 11 is 0. The minimum atomic E-state index is -0.931. The maximum Gasteiger partial charge on any atom is 0.312 e. The molecular weight excluding hydrogens is 258 g/mol. The van der Waals surface area contributed by atoms with Crippen LogP contribution in [0.15, 0.2) is 18.2 Å². The lowest BCUT2D eigenvalue weighted by molar-refractivity contribution is -0.138. The average Bonchev–Trinajstić information content (AvgIpc) is 2.93. The molecule has 0 saturated heterocycles. The van der Waals surface area contributed by atoms with Crippen LogP contribution in [-0.2, 0) is 4.79 Å². The SMILES string of the molecule is COc1cc(C(CN)C(=O)O)ccc1OC1CCCC1. The van der Waals surface area contributed by atoms with Crippen LogP contribution < -0.4 is 15.2 Å². The van der Waals surface area contributed by atoms with Crippen molar-refractivity contribution in [1.82, 2.24) is 0 Å². The molecule has 1 atom stereocenters. The van der Waals surface area contributed by atoms with E-state index in [1.54, 1.807) is 25.3 Å². The number of nitrogens with two attached hydrogens (primary N) is 1. The second kappa shape index (κ2) is 6.61. The van der Waals surface area contributed by atoms with Gasteiger partial charge in [-0.15, -0.1) is 0 Å². The highest BCUT2D eigenvalue weighted by Gasteiger charge is 2.22. The Hall–Kier alpha value is -1.75. The quantitative estimate of drug-likeness (QED) is 0.833. The van der Waals surface area contributed by atoms with Gasteiger partial charge in [0.1, 0.15) is 0 Å². The Morgan fingerprint density at radius 1 is 1.40 bits per heavy atom. The van der Waals surface area contributed by atoms with Crippen LogP contribution in [0.1, 0.15) is 37.2 Å². The van der Waals surface area contributed by atoms with Gasteiger partial charge in [0.15, 0.2) is 11.5 Å². The Morgan fingerprint density at radius 3 is 2.65 bits per heavy atom. The molecule has 0 aliphatic heterocycles. The van der Waals surface area contributed by atoms with Crippen LogP contribution in [0, 0.1) is 0 Å². The van der Waals surface area contributed by atoms with E-state index in [1.807, 2.05) is 0 Å². The lowest BCUT2D eigenvalue weighted by Gasteiger charge is -2.18. The number of rotatable bonds is 6. The number of aliphatic carboxylic acids is 1. The van der Waals surface area contributed by atoms with Gasteiger partial charge in [-0.1, -0.05) is 6.07 Å². The molecule has 5 nitrogen and oxygen atoms in total. The molecule has 1 aromatic rings. The van der Waals surface area contributed by atoms with Crippen molar-refractivity contribution in [3.63, 3.8) is 0 Å². The van der Waals surface area contributed by atoms with E-state index >= 15 is 0 Å². The molecular formula is C15H21NO4. The molecule has 20 heavy (non-hydrogen) atoms. The molecule has 1 saturated carbocycles. The lowest BCUT2D eigenvalue weighted by atomic mass is 9.99. The van der Waals surface area contributed by atoms with E-state index in [0.717, 1.165) is 12.8 Å². The van der Waals surface area contributed by atoms with Gasteiger partial charge in [0.25, 0.3) is 0 Å². The zero-order valence-corrected chi connectivity index (χ0v) is 11.7. The van der Waals surface area contributed by atoms with Gasteiger partial charge in [-0.2, -0.15) is 0 Å². The number of hydrogen-bond acceptors (Lipinski definition) is 4. The van der Waals surface area contributed by atoms with Crippen molar-refractivity contribution in [2.24, 2.45) is 5.73 Å². The molecule has 5 heteroatoms. The summed E-state index contributed by atoms with van der Waals surface area (Å²) in [5, 5.41) is 9.14. The molecule has 0 aromatic heterocycles. The monoisotopic (exact) mass is 279 g/mol. The van der Waals surface area contributed by atoms with E-state index in [0.29, 0.717) is 17.1 Å². The molecule has 2 rings (SSSR count). The number of carboxylic acid groups (broad SMARTS) is 1. The standard InChI is InChI=1S/C15H21NO4/c1-19-14-8-10(12(9-16)15(17)18)6-7-13(14)20-11-4-2-3-5-11/h6-8,11-12H,2-5,9,16H2,1H3,(H,17,18).